The van der Waals surface area contributed by atoms with Crippen LogP contribution in [0.1, 0.15) is 39.5 Å². The normalized spacial score (nSPS) is 29.7. The van der Waals surface area contributed by atoms with Gasteiger partial charge in [0.15, 0.2) is 0 Å². The lowest BCUT2D eigenvalue weighted by Crippen LogP contribution is -2.46. The SMILES string of the molecule is CC(C)N1CCCC(CNC(=O)[C@@H]2CCCN2)C1. The van der Waals surface area contributed by atoms with E-state index < -0.39 is 0 Å². The van der Waals surface area contributed by atoms with E-state index in [1.807, 2.05) is 0 Å². The summed E-state index contributed by atoms with van der Waals surface area (Å²) in [6, 6.07) is 0.690. The zero-order chi connectivity index (χ0) is 13.0. The molecule has 2 N–H and O–H groups in total. The predicted molar refractivity (Wildman–Crippen MR) is 73.5 cm³/mol. The summed E-state index contributed by atoms with van der Waals surface area (Å²) in [5.74, 6) is 0.834. The molecule has 0 saturated carbocycles. The van der Waals surface area contributed by atoms with Crippen LogP contribution in [0.15, 0.2) is 0 Å². The number of amides is 1. The van der Waals surface area contributed by atoms with Gasteiger partial charge in [0.05, 0.1) is 6.04 Å². The van der Waals surface area contributed by atoms with Gasteiger partial charge in [0.2, 0.25) is 5.91 Å². The number of likely N-dealkylation sites (tertiary alicyclic amines) is 1. The molecule has 4 nitrogen and oxygen atoms in total. The van der Waals surface area contributed by atoms with Crippen molar-refractivity contribution in [2.75, 3.05) is 26.2 Å². The van der Waals surface area contributed by atoms with Gasteiger partial charge in [-0.3, -0.25) is 4.79 Å². The van der Waals surface area contributed by atoms with Crippen LogP contribution in [0, 0.1) is 5.92 Å². The standard InChI is InChI=1S/C14H27N3O/c1-11(2)17-8-4-5-12(10-17)9-16-14(18)13-6-3-7-15-13/h11-13,15H,3-10H2,1-2H3,(H,16,18)/t12?,13-/m0/s1. The molecule has 0 aromatic rings. The van der Waals surface area contributed by atoms with Crippen LogP contribution in [0.2, 0.25) is 0 Å². The second-order valence-electron chi connectivity index (χ2n) is 5.99. The minimum Gasteiger partial charge on any atom is -0.354 e. The van der Waals surface area contributed by atoms with Crippen molar-refractivity contribution >= 4 is 5.91 Å². The first-order chi connectivity index (χ1) is 8.66. The van der Waals surface area contributed by atoms with Gasteiger partial charge in [0, 0.05) is 19.1 Å². The minimum absolute atomic E-state index is 0.0646. The van der Waals surface area contributed by atoms with Gasteiger partial charge in [-0.1, -0.05) is 0 Å². The highest BCUT2D eigenvalue weighted by Gasteiger charge is 2.25. The molecular weight excluding hydrogens is 226 g/mol. The second kappa shape index (κ2) is 6.53. The topological polar surface area (TPSA) is 44.4 Å². The summed E-state index contributed by atoms with van der Waals surface area (Å²) in [5, 5.41) is 6.37. The number of carbonyl (C=O) groups is 1. The van der Waals surface area contributed by atoms with E-state index in [4.69, 9.17) is 0 Å². The van der Waals surface area contributed by atoms with Crippen LogP contribution >= 0.6 is 0 Å². The van der Waals surface area contributed by atoms with Crippen LogP contribution in [0.5, 0.6) is 0 Å². The molecule has 0 aromatic heterocycles. The Morgan fingerprint density at radius 1 is 1.39 bits per heavy atom. The number of carbonyl (C=O) groups excluding carboxylic acids is 1. The first-order valence-electron chi connectivity index (χ1n) is 7.42. The molecule has 1 amide bonds. The molecule has 18 heavy (non-hydrogen) atoms. The molecule has 2 saturated heterocycles. The van der Waals surface area contributed by atoms with Gasteiger partial charge in [-0.25, -0.2) is 0 Å². The van der Waals surface area contributed by atoms with E-state index in [9.17, 15) is 4.79 Å². The third-order valence-corrected chi connectivity index (χ3v) is 4.22. The van der Waals surface area contributed by atoms with Crippen LogP contribution in [0.25, 0.3) is 0 Å². The molecule has 0 aliphatic carbocycles. The second-order valence-corrected chi connectivity index (χ2v) is 5.99. The highest BCUT2D eigenvalue weighted by Crippen LogP contribution is 2.17. The molecule has 104 valence electrons. The van der Waals surface area contributed by atoms with E-state index in [1.54, 1.807) is 0 Å². The highest BCUT2D eigenvalue weighted by molar-refractivity contribution is 5.81. The van der Waals surface area contributed by atoms with Gasteiger partial charge in [0.25, 0.3) is 0 Å². The fourth-order valence-electron chi connectivity index (χ4n) is 3.01. The number of hydrogen-bond acceptors (Lipinski definition) is 3. The van der Waals surface area contributed by atoms with Gasteiger partial charge < -0.3 is 15.5 Å². The lowest BCUT2D eigenvalue weighted by atomic mass is 9.97. The molecule has 0 aromatic carbocycles. The van der Waals surface area contributed by atoms with Crippen LogP contribution < -0.4 is 10.6 Å². The van der Waals surface area contributed by atoms with E-state index in [2.05, 4.69) is 29.4 Å². The minimum atomic E-state index is 0.0646. The van der Waals surface area contributed by atoms with Crippen molar-refractivity contribution in [1.29, 1.82) is 0 Å². The average Bonchev–Trinajstić information content (AvgIpc) is 2.90. The lowest BCUT2D eigenvalue weighted by Gasteiger charge is -2.35. The molecule has 2 fully saturated rings. The van der Waals surface area contributed by atoms with Crippen molar-refractivity contribution in [2.24, 2.45) is 5.92 Å². The Bertz CT molecular complexity index is 274. The van der Waals surface area contributed by atoms with Gasteiger partial charge in [-0.15, -0.1) is 0 Å². The quantitative estimate of drug-likeness (QED) is 0.785. The van der Waals surface area contributed by atoms with Gasteiger partial charge >= 0.3 is 0 Å². The monoisotopic (exact) mass is 253 g/mol. The van der Waals surface area contributed by atoms with Crippen LogP contribution in [-0.2, 0) is 4.79 Å². The fraction of sp³-hybridized carbons (Fsp3) is 0.929. The van der Waals surface area contributed by atoms with Gasteiger partial charge in [-0.2, -0.15) is 0 Å². The summed E-state index contributed by atoms with van der Waals surface area (Å²) >= 11 is 0. The number of rotatable bonds is 4. The molecule has 1 unspecified atom stereocenters. The Kier molecular flexibility index (Phi) is 5.01. The summed E-state index contributed by atoms with van der Waals surface area (Å²) in [7, 11) is 0. The Balaban J connectivity index is 1.70. The summed E-state index contributed by atoms with van der Waals surface area (Å²) in [5.41, 5.74) is 0. The van der Waals surface area contributed by atoms with E-state index in [0.29, 0.717) is 12.0 Å². The third-order valence-electron chi connectivity index (χ3n) is 4.22. The van der Waals surface area contributed by atoms with E-state index >= 15 is 0 Å². The number of hydrogen-bond donors (Lipinski definition) is 2. The third kappa shape index (κ3) is 3.69. The summed E-state index contributed by atoms with van der Waals surface area (Å²) in [4.78, 5) is 14.4. The zero-order valence-corrected chi connectivity index (χ0v) is 11.7. The molecule has 0 bridgehead atoms. The van der Waals surface area contributed by atoms with E-state index in [0.717, 1.165) is 32.5 Å². The molecule has 2 aliphatic rings. The lowest BCUT2D eigenvalue weighted by molar-refractivity contribution is -0.123. The summed E-state index contributed by atoms with van der Waals surface area (Å²) in [6.07, 6.45) is 4.64. The first-order valence-corrected chi connectivity index (χ1v) is 7.42. The molecule has 0 radical (unpaired) electrons. The van der Waals surface area contributed by atoms with Crippen molar-refractivity contribution in [3.8, 4) is 0 Å². The van der Waals surface area contributed by atoms with Crippen molar-refractivity contribution in [3.63, 3.8) is 0 Å². The Hall–Kier alpha value is -0.610. The van der Waals surface area contributed by atoms with Crippen molar-refractivity contribution < 1.29 is 4.79 Å². The summed E-state index contributed by atoms with van der Waals surface area (Å²) in [6.45, 7) is 8.69. The Morgan fingerprint density at radius 2 is 2.22 bits per heavy atom. The number of nitrogens with one attached hydrogen (secondary N) is 2. The molecule has 2 rings (SSSR count). The van der Waals surface area contributed by atoms with Crippen molar-refractivity contribution in [3.05, 3.63) is 0 Å². The maximum atomic E-state index is 11.9. The number of nitrogens with zero attached hydrogens (tertiary/aromatic N) is 1. The summed E-state index contributed by atoms with van der Waals surface area (Å²) < 4.78 is 0. The maximum absolute atomic E-state index is 11.9. The molecule has 0 spiro atoms. The highest BCUT2D eigenvalue weighted by atomic mass is 16.2. The Labute approximate surface area is 110 Å². The molecule has 2 atom stereocenters. The maximum Gasteiger partial charge on any atom is 0.237 e. The van der Waals surface area contributed by atoms with Crippen LogP contribution in [0.3, 0.4) is 0 Å². The molecule has 2 aliphatic heterocycles. The van der Waals surface area contributed by atoms with Crippen LogP contribution in [0.4, 0.5) is 0 Å². The smallest absolute Gasteiger partial charge is 0.237 e. The van der Waals surface area contributed by atoms with Gasteiger partial charge in [-0.05, 0) is 58.5 Å². The van der Waals surface area contributed by atoms with Crippen LogP contribution in [-0.4, -0.2) is 49.1 Å². The molecular formula is C14H27N3O. The molecule has 2 heterocycles. The largest absolute Gasteiger partial charge is 0.354 e. The fourth-order valence-corrected chi connectivity index (χ4v) is 3.01. The van der Waals surface area contributed by atoms with E-state index in [-0.39, 0.29) is 11.9 Å². The van der Waals surface area contributed by atoms with Gasteiger partial charge in [0.1, 0.15) is 0 Å². The van der Waals surface area contributed by atoms with Crippen molar-refractivity contribution in [2.45, 2.75) is 51.6 Å². The van der Waals surface area contributed by atoms with E-state index in [1.165, 1.54) is 19.4 Å². The average molecular weight is 253 g/mol. The number of piperidine rings is 1. The Morgan fingerprint density at radius 3 is 2.89 bits per heavy atom. The molecule has 4 heteroatoms. The zero-order valence-electron chi connectivity index (χ0n) is 11.7. The van der Waals surface area contributed by atoms with Crippen molar-refractivity contribution in [1.82, 2.24) is 15.5 Å². The first kappa shape index (κ1) is 13.8. The predicted octanol–water partition coefficient (Wildman–Crippen LogP) is 0.975.